The first-order chi connectivity index (χ1) is 7.66. The van der Waals surface area contributed by atoms with Crippen molar-refractivity contribution >= 4 is 17.3 Å². The van der Waals surface area contributed by atoms with E-state index in [1.807, 2.05) is 0 Å². The van der Waals surface area contributed by atoms with E-state index in [1.165, 1.54) is 25.7 Å². The summed E-state index contributed by atoms with van der Waals surface area (Å²) in [6.45, 7) is 5.52. The van der Waals surface area contributed by atoms with Crippen LogP contribution in [0, 0.1) is 0 Å². The maximum Gasteiger partial charge on any atom is 0.169 e. The highest BCUT2D eigenvalue weighted by Gasteiger charge is 2.24. The average Bonchev–Trinajstić information content (AvgIpc) is 2.74. The molecule has 3 nitrogen and oxygen atoms in total. The Balaban J connectivity index is 1.80. The molecule has 2 aliphatic rings. The fraction of sp³-hybridized carbons (Fsp3) is 0.917. The van der Waals surface area contributed by atoms with Crippen LogP contribution < -0.4 is 5.32 Å². The van der Waals surface area contributed by atoms with Crippen molar-refractivity contribution in [2.45, 2.75) is 44.7 Å². The number of likely N-dealkylation sites (N-methyl/N-ethyl adjacent to an activating group) is 1. The Kier molecular flexibility index (Phi) is 4.03. The summed E-state index contributed by atoms with van der Waals surface area (Å²) < 4.78 is 0. The summed E-state index contributed by atoms with van der Waals surface area (Å²) in [4.78, 5) is 4.73. The molecule has 2 fully saturated rings. The molecule has 0 aromatic carbocycles. The largest absolute Gasteiger partial charge is 0.360 e. The van der Waals surface area contributed by atoms with Gasteiger partial charge in [0.25, 0.3) is 0 Å². The molecule has 1 aliphatic carbocycles. The van der Waals surface area contributed by atoms with Gasteiger partial charge in [0.1, 0.15) is 0 Å². The molecule has 1 atom stereocenters. The van der Waals surface area contributed by atoms with Crippen molar-refractivity contribution in [1.82, 2.24) is 15.1 Å². The van der Waals surface area contributed by atoms with Crippen LogP contribution in [0.15, 0.2) is 0 Å². The lowest BCUT2D eigenvalue weighted by Crippen LogP contribution is -2.55. The van der Waals surface area contributed by atoms with Gasteiger partial charge < -0.3 is 15.1 Å². The predicted octanol–water partition coefficient (Wildman–Crippen LogP) is 1.44. The first-order valence-electron chi connectivity index (χ1n) is 6.42. The zero-order chi connectivity index (χ0) is 11.5. The molecular formula is C12H23N3S. The number of thiocarbonyl (C=S) groups is 1. The highest BCUT2D eigenvalue weighted by molar-refractivity contribution is 7.80. The summed E-state index contributed by atoms with van der Waals surface area (Å²) in [5.41, 5.74) is 0. The Morgan fingerprint density at radius 2 is 1.94 bits per heavy atom. The SMILES string of the molecule is CC1CN(C(=S)NC2CCCC2)CCN1C. The predicted molar refractivity (Wildman–Crippen MR) is 71.7 cm³/mol. The second-order valence-corrected chi connectivity index (χ2v) is 5.59. The summed E-state index contributed by atoms with van der Waals surface area (Å²) in [7, 11) is 2.19. The van der Waals surface area contributed by atoms with Gasteiger partial charge in [0.15, 0.2) is 5.11 Å². The molecule has 0 aromatic rings. The Morgan fingerprint density at radius 1 is 1.25 bits per heavy atom. The van der Waals surface area contributed by atoms with E-state index in [0.717, 1.165) is 24.7 Å². The zero-order valence-corrected chi connectivity index (χ0v) is 11.2. The van der Waals surface area contributed by atoms with Crippen LogP contribution >= 0.6 is 12.2 Å². The van der Waals surface area contributed by atoms with Crippen LogP contribution in [-0.4, -0.2) is 53.7 Å². The molecule has 1 heterocycles. The third-order valence-corrected chi connectivity index (χ3v) is 4.31. The first-order valence-corrected chi connectivity index (χ1v) is 6.83. The molecule has 1 N–H and O–H groups in total. The third-order valence-electron chi connectivity index (χ3n) is 3.93. The van der Waals surface area contributed by atoms with Crippen LogP contribution in [0.4, 0.5) is 0 Å². The van der Waals surface area contributed by atoms with E-state index >= 15 is 0 Å². The Morgan fingerprint density at radius 3 is 2.56 bits per heavy atom. The summed E-state index contributed by atoms with van der Waals surface area (Å²) in [5.74, 6) is 0. The van der Waals surface area contributed by atoms with Crippen LogP contribution in [0.25, 0.3) is 0 Å². The zero-order valence-electron chi connectivity index (χ0n) is 10.4. The normalized spacial score (nSPS) is 28.4. The smallest absolute Gasteiger partial charge is 0.169 e. The van der Waals surface area contributed by atoms with Gasteiger partial charge in [-0.15, -0.1) is 0 Å². The molecular weight excluding hydrogens is 218 g/mol. The lowest BCUT2D eigenvalue weighted by atomic mass is 10.2. The molecule has 1 saturated heterocycles. The maximum absolute atomic E-state index is 5.50. The fourth-order valence-corrected chi connectivity index (χ4v) is 2.90. The van der Waals surface area contributed by atoms with Crippen molar-refractivity contribution in [3.63, 3.8) is 0 Å². The average molecular weight is 241 g/mol. The standard InChI is InChI=1S/C12H23N3S/c1-10-9-15(8-7-14(10)2)12(16)13-11-5-3-4-6-11/h10-11H,3-9H2,1-2H3,(H,13,16). The molecule has 0 radical (unpaired) electrons. The summed E-state index contributed by atoms with van der Waals surface area (Å²) in [6, 6.07) is 1.25. The first kappa shape index (κ1) is 12.1. The number of hydrogen-bond acceptors (Lipinski definition) is 2. The van der Waals surface area contributed by atoms with Gasteiger partial charge in [0.2, 0.25) is 0 Å². The molecule has 16 heavy (non-hydrogen) atoms. The van der Waals surface area contributed by atoms with Crippen molar-refractivity contribution < 1.29 is 0 Å². The minimum atomic E-state index is 0.608. The van der Waals surface area contributed by atoms with E-state index in [9.17, 15) is 0 Å². The van der Waals surface area contributed by atoms with E-state index in [1.54, 1.807) is 0 Å². The van der Waals surface area contributed by atoms with Crippen molar-refractivity contribution in [3.8, 4) is 0 Å². The minimum Gasteiger partial charge on any atom is -0.360 e. The Labute approximate surface area is 104 Å². The molecule has 1 aliphatic heterocycles. The molecule has 92 valence electrons. The molecule has 1 saturated carbocycles. The highest BCUT2D eigenvalue weighted by atomic mass is 32.1. The van der Waals surface area contributed by atoms with Crippen LogP contribution in [0.1, 0.15) is 32.6 Å². The van der Waals surface area contributed by atoms with Gasteiger partial charge in [-0.05, 0) is 39.0 Å². The van der Waals surface area contributed by atoms with Gasteiger partial charge in [-0.2, -0.15) is 0 Å². The monoisotopic (exact) mass is 241 g/mol. The lowest BCUT2D eigenvalue weighted by Gasteiger charge is -2.39. The second kappa shape index (κ2) is 5.32. The number of piperazine rings is 1. The lowest BCUT2D eigenvalue weighted by molar-refractivity contribution is 0.151. The van der Waals surface area contributed by atoms with Crippen LogP contribution in [0.3, 0.4) is 0 Å². The van der Waals surface area contributed by atoms with Crippen molar-refractivity contribution in [2.75, 3.05) is 26.7 Å². The summed E-state index contributed by atoms with van der Waals surface area (Å²) in [6.07, 6.45) is 5.31. The van der Waals surface area contributed by atoms with Gasteiger partial charge in [-0.1, -0.05) is 12.8 Å². The highest BCUT2D eigenvalue weighted by Crippen LogP contribution is 2.18. The van der Waals surface area contributed by atoms with Crippen LogP contribution in [0.5, 0.6) is 0 Å². The van der Waals surface area contributed by atoms with Gasteiger partial charge in [-0.25, -0.2) is 0 Å². The van der Waals surface area contributed by atoms with Crippen molar-refractivity contribution in [1.29, 1.82) is 0 Å². The topological polar surface area (TPSA) is 18.5 Å². The third kappa shape index (κ3) is 2.86. The molecule has 2 rings (SSSR count). The van der Waals surface area contributed by atoms with Crippen molar-refractivity contribution in [2.24, 2.45) is 0 Å². The van der Waals surface area contributed by atoms with E-state index in [-0.39, 0.29) is 0 Å². The molecule has 0 spiro atoms. The van der Waals surface area contributed by atoms with E-state index in [4.69, 9.17) is 12.2 Å². The van der Waals surface area contributed by atoms with Gasteiger partial charge >= 0.3 is 0 Å². The molecule has 1 unspecified atom stereocenters. The number of rotatable bonds is 1. The Bertz CT molecular complexity index is 251. The number of hydrogen-bond donors (Lipinski definition) is 1. The van der Waals surface area contributed by atoms with Gasteiger partial charge in [0.05, 0.1) is 0 Å². The molecule has 0 amide bonds. The second-order valence-electron chi connectivity index (χ2n) is 5.21. The quantitative estimate of drug-likeness (QED) is 0.700. The van der Waals surface area contributed by atoms with E-state index in [2.05, 4.69) is 29.1 Å². The van der Waals surface area contributed by atoms with Gasteiger partial charge in [0, 0.05) is 31.7 Å². The number of nitrogens with zero attached hydrogens (tertiary/aromatic N) is 2. The van der Waals surface area contributed by atoms with Crippen LogP contribution in [-0.2, 0) is 0 Å². The fourth-order valence-electron chi connectivity index (χ4n) is 2.57. The van der Waals surface area contributed by atoms with Crippen molar-refractivity contribution in [3.05, 3.63) is 0 Å². The maximum atomic E-state index is 5.50. The summed E-state index contributed by atoms with van der Waals surface area (Å²) >= 11 is 5.50. The minimum absolute atomic E-state index is 0.608. The molecule has 4 heteroatoms. The number of nitrogens with one attached hydrogen (secondary N) is 1. The Hall–Kier alpha value is -0.350. The van der Waals surface area contributed by atoms with Gasteiger partial charge in [-0.3, -0.25) is 0 Å². The van der Waals surface area contributed by atoms with Crippen LogP contribution in [0.2, 0.25) is 0 Å². The van der Waals surface area contributed by atoms with E-state index in [0.29, 0.717) is 12.1 Å². The van der Waals surface area contributed by atoms with E-state index < -0.39 is 0 Å². The molecule has 0 bridgehead atoms. The summed E-state index contributed by atoms with van der Waals surface area (Å²) in [5, 5.41) is 4.50. The molecule has 0 aromatic heterocycles.